The van der Waals surface area contributed by atoms with E-state index >= 15 is 0 Å². The normalized spacial score (nSPS) is 13.4. The van der Waals surface area contributed by atoms with Crippen LogP contribution < -0.4 is 5.32 Å². The van der Waals surface area contributed by atoms with Crippen LogP contribution >= 0.6 is 0 Å². The van der Waals surface area contributed by atoms with Gasteiger partial charge in [0, 0.05) is 31.4 Å². The molecule has 1 atom stereocenters. The van der Waals surface area contributed by atoms with Gasteiger partial charge in [-0.25, -0.2) is 4.98 Å². The van der Waals surface area contributed by atoms with Crippen LogP contribution in [0.5, 0.6) is 0 Å². The third kappa shape index (κ3) is 4.04. The number of rotatable bonds is 6. The third-order valence-corrected chi connectivity index (χ3v) is 2.55. The Kier molecular flexibility index (Phi) is 4.82. The maximum atomic E-state index is 4.39. The van der Waals surface area contributed by atoms with E-state index in [1.54, 1.807) is 0 Å². The fourth-order valence-corrected chi connectivity index (χ4v) is 1.64. The van der Waals surface area contributed by atoms with Gasteiger partial charge in [-0.2, -0.15) is 0 Å². The molecule has 1 rings (SSSR count). The maximum absolute atomic E-state index is 4.39. The fraction of sp³-hybridized carbons (Fsp3) is 0.750. The van der Waals surface area contributed by atoms with Crippen LogP contribution in [0.4, 0.5) is 0 Å². The van der Waals surface area contributed by atoms with E-state index in [1.165, 1.54) is 5.82 Å². The first-order valence-corrected chi connectivity index (χ1v) is 5.86. The summed E-state index contributed by atoms with van der Waals surface area (Å²) in [5, 5.41) is 3.46. The predicted molar refractivity (Wildman–Crippen MR) is 63.9 cm³/mol. The van der Waals surface area contributed by atoms with Gasteiger partial charge < -0.3 is 9.88 Å². The average molecular weight is 209 g/mol. The van der Waals surface area contributed by atoms with E-state index in [4.69, 9.17) is 0 Å². The van der Waals surface area contributed by atoms with Crippen LogP contribution in [0.15, 0.2) is 12.4 Å². The molecule has 1 aromatic heterocycles. The van der Waals surface area contributed by atoms with E-state index in [0.717, 1.165) is 19.5 Å². The number of imidazole rings is 1. The van der Waals surface area contributed by atoms with Gasteiger partial charge in [-0.05, 0) is 19.4 Å². The van der Waals surface area contributed by atoms with Crippen LogP contribution in [0.3, 0.4) is 0 Å². The number of hydrogen-bond donors (Lipinski definition) is 1. The van der Waals surface area contributed by atoms with E-state index in [2.05, 4.69) is 48.8 Å². The molecule has 3 heteroatoms. The molecule has 1 aromatic rings. The molecular formula is C12H23N3. The van der Waals surface area contributed by atoms with Crippen molar-refractivity contribution in [3.63, 3.8) is 0 Å². The molecule has 0 saturated heterocycles. The van der Waals surface area contributed by atoms with Crippen molar-refractivity contribution in [2.24, 2.45) is 5.92 Å². The molecule has 1 heterocycles. The summed E-state index contributed by atoms with van der Waals surface area (Å²) in [5.74, 6) is 1.84. The molecule has 0 fully saturated rings. The quantitative estimate of drug-likeness (QED) is 0.777. The molecular weight excluding hydrogens is 186 g/mol. The van der Waals surface area contributed by atoms with Crippen LogP contribution in [-0.2, 0) is 13.0 Å². The Morgan fingerprint density at radius 2 is 2.13 bits per heavy atom. The highest BCUT2D eigenvalue weighted by Gasteiger charge is 2.08. The first-order valence-electron chi connectivity index (χ1n) is 5.86. The van der Waals surface area contributed by atoms with Crippen LogP contribution in [0.1, 0.15) is 33.5 Å². The van der Waals surface area contributed by atoms with Crippen LogP contribution in [-0.4, -0.2) is 22.1 Å². The van der Waals surface area contributed by atoms with Gasteiger partial charge in [0.05, 0.1) is 0 Å². The van der Waals surface area contributed by atoms with E-state index < -0.39 is 0 Å². The summed E-state index contributed by atoms with van der Waals surface area (Å²) in [6, 6.07) is 0.568. The van der Waals surface area contributed by atoms with Gasteiger partial charge in [0.15, 0.2) is 0 Å². The van der Waals surface area contributed by atoms with E-state index in [1.807, 2.05) is 6.20 Å². The largest absolute Gasteiger partial charge is 0.335 e. The van der Waals surface area contributed by atoms with Crippen molar-refractivity contribution in [1.29, 1.82) is 0 Å². The van der Waals surface area contributed by atoms with Gasteiger partial charge >= 0.3 is 0 Å². The van der Waals surface area contributed by atoms with Crippen molar-refractivity contribution in [3.8, 4) is 0 Å². The molecule has 0 amide bonds. The number of aromatic nitrogens is 2. The summed E-state index contributed by atoms with van der Waals surface area (Å²) in [5.41, 5.74) is 0. The molecule has 0 saturated carbocycles. The summed E-state index contributed by atoms with van der Waals surface area (Å²) in [6.07, 6.45) is 5.00. The molecule has 1 unspecified atom stereocenters. The molecule has 0 bridgehead atoms. The van der Waals surface area contributed by atoms with Crippen molar-refractivity contribution in [3.05, 3.63) is 18.2 Å². The number of hydrogen-bond acceptors (Lipinski definition) is 2. The van der Waals surface area contributed by atoms with Crippen molar-refractivity contribution >= 4 is 0 Å². The number of nitrogens with zero attached hydrogens (tertiary/aromatic N) is 2. The summed E-state index contributed by atoms with van der Waals surface area (Å²) >= 11 is 0. The minimum absolute atomic E-state index is 0.568. The first kappa shape index (κ1) is 12.2. The molecule has 0 aromatic carbocycles. The summed E-state index contributed by atoms with van der Waals surface area (Å²) in [7, 11) is 0. The lowest BCUT2D eigenvalue weighted by Crippen LogP contribution is -2.29. The second-order valence-corrected chi connectivity index (χ2v) is 4.50. The molecule has 0 aliphatic heterocycles. The van der Waals surface area contributed by atoms with Crippen molar-refractivity contribution in [2.45, 2.75) is 46.7 Å². The number of nitrogens with one attached hydrogen (secondary N) is 1. The van der Waals surface area contributed by atoms with Crippen molar-refractivity contribution in [2.75, 3.05) is 6.54 Å². The second-order valence-electron chi connectivity index (χ2n) is 4.50. The highest BCUT2D eigenvalue weighted by molar-refractivity contribution is 4.93. The Labute approximate surface area is 92.9 Å². The molecule has 15 heavy (non-hydrogen) atoms. The lowest BCUT2D eigenvalue weighted by molar-refractivity contribution is 0.461. The summed E-state index contributed by atoms with van der Waals surface area (Å²) in [4.78, 5) is 4.39. The standard InChI is InChI=1S/C12H23N3/c1-5-15-7-6-13-12(15)8-11(4)9-14-10(2)3/h6-7,10-11,14H,5,8-9H2,1-4H3. The van der Waals surface area contributed by atoms with E-state index in [0.29, 0.717) is 12.0 Å². The first-order chi connectivity index (χ1) is 7.13. The molecule has 86 valence electrons. The van der Waals surface area contributed by atoms with Crippen molar-refractivity contribution < 1.29 is 0 Å². The van der Waals surface area contributed by atoms with Gasteiger partial charge in [0.2, 0.25) is 0 Å². The SMILES string of the molecule is CCn1ccnc1CC(C)CNC(C)C. The highest BCUT2D eigenvalue weighted by atomic mass is 15.1. The zero-order chi connectivity index (χ0) is 11.3. The Bertz CT molecular complexity index is 278. The minimum atomic E-state index is 0.568. The van der Waals surface area contributed by atoms with Gasteiger partial charge in [-0.15, -0.1) is 0 Å². The summed E-state index contributed by atoms with van der Waals surface area (Å²) < 4.78 is 2.21. The molecule has 0 spiro atoms. The van der Waals surface area contributed by atoms with E-state index in [-0.39, 0.29) is 0 Å². The fourth-order valence-electron chi connectivity index (χ4n) is 1.64. The zero-order valence-electron chi connectivity index (χ0n) is 10.3. The molecule has 1 N–H and O–H groups in total. The Morgan fingerprint density at radius 1 is 1.40 bits per heavy atom. The zero-order valence-corrected chi connectivity index (χ0v) is 10.3. The Hall–Kier alpha value is -0.830. The van der Waals surface area contributed by atoms with Gasteiger partial charge in [-0.1, -0.05) is 20.8 Å². The Balaban J connectivity index is 2.40. The van der Waals surface area contributed by atoms with Gasteiger partial charge in [0.1, 0.15) is 5.82 Å². The third-order valence-electron chi connectivity index (χ3n) is 2.55. The van der Waals surface area contributed by atoms with Gasteiger partial charge in [-0.3, -0.25) is 0 Å². The topological polar surface area (TPSA) is 29.9 Å². The molecule has 0 aliphatic rings. The summed E-state index contributed by atoms with van der Waals surface area (Å²) in [6.45, 7) is 10.9. The van der Waals surface area contributed by atoms with Crippen LogP contribution in [0.2, 0.25) is 0 Å². The molecule has 0 aliphatic carbocycles. The number of aryl methyl sites for hydroxylation is 1. The smallest absolute Gasteiger partial charge is 0.108 e. The second kappa shape index (κ2) is 5.91. The minimum Gasteiger partial charge on any atom is -0.335 e. The Morgan fingerprint density at radius 3 is 2.73 bits per heavy atom. The van der Waals surface area contributed by atoms with Crippen LogP contribution in [0.25, 0.3) is 0 Å². The van der Waals surface area contributed by atoms with Gasteiger partial charge in [0.25, 0.3) is 0 Å². The average Bonchev–Trinajstić information content (AvgIpc) is 2.62. The lowest BCUT2D eigenvalue weighted by Gasteiger charge is -2.15. The predicted octanol–water partition coefficient (Wildman–Crippen LogP) is 2.08. The van der Waals surface area contributed by atoms with Crippen LogP contribution in [0, 0.1) is 5.92 Å². The maximum Gasteiger partial charge on any atom is 0.108 e. The molecule has 0 radical (unpaired) electrons. The molecule has 3 nitrogen and oxygen atoms in total. The van der Waals surface area contributed by atoms with Crippen molar-refractivity contribution in [1.82, 2.24) is 14.9 Å². The highest BCUT2D eigenvalue weighted by Crippen LogP contribution is 2.06. The monoisotopic (exact) mass is 209 g/mol. The lowest BCUT2D eigenvalue weighted by atomic mass is 10.1. The van der Waals surface area contributed by atoms with E-state index in [9.17, 15) is 0 Å².